The van der Waals surface area contributed by atoms with E-state index in [9.17, 15) is 0 Å². The Balaban J connectivity index is 1.51. The summed E-state index contributed by atoms with van der Waals surface area (Å²) < 4.78 is 0. The first-order valence-corrected chi connectivity index (χ1v) is 7.31. The zero-order valence-electron chi connectivity index (χ0n) is 11.1. The van der Waals surface area contributed by atoms with Gasteiger partial charge in [0, 0.05) is 18.5 Å². The Hall–Kier alpha value is -0.860. The molecule has 2 unspecified atom stereocenters. The third-order valence-corrected chi connectivity index (χ3v) is 4.85. The van der Waals surface area contributed by atoms with Crippen LogP contribution in [-0.4, -0.2) is 19.1 Å². The van der Waals surface area contributed by atoms with Gasteiger partial charge >= 0.3 is 0 Å². The molecule has 0 spiro atoms. The number of benzene rings is 1. The molecule has 0 aliphatic heterocycles. The Morgan fingerprint density at radius 1 is 1.17 bits per heavy atom. The Morgan fingerprint density at radius 2 is 1.89 bits per heavy atom. The molecule has 0 amide bonds. The Bertz CT molecular complexity index is 381. The van der Waals surface area contributed by atoms with Crippen LogP contribution in [0.15, 0.2) is 30.3 Å². The second kappa shape index (κ2) is 5.02. The number of rotatable bonds is 5. The van der Waals surface area contributed by atoms with Crippen LogP contribution in [0.4, 0.5) is 0 Å². The van der Waals surface area contributed by atoms with Crippen LogP contribution in [0.1, 0.15) is 43.6 Å². The number of hydrogen-bond donors (Lipinski definition) is 2. The van der Waals surface area contributed by atoms with E-state index < -0.39 is 0 Å². The van der Waals surface area contributed by atoms with E-state index in [1.165, 1.54) is 37.7 Å². The van der Waals surface area contributed by atoms with Crippen molar-refractivity contribution in [1.82, 2.24) is 5.32 Å². The summed E-state index contributed by atoms with van der Waals surface area (Å²) in [6, 6.07) is 11.6. The van der Waals surface area contributed by atoms with Crippen molar-refractivity contribution in [2.45, 2.75) is 44.1 Å². The quantitative estimate of drug-likeness (QED) is 0.835. The molecule has 2 heteroatoms. The Kier molecular flexibility index (Phi) is 3.40. The Labute approximate surface area is 110 Å². The van der Waals surface area contributed by atoms with Gasteiger partial charge in [0.1, 0.15) is 0 Å². The summed E-state index contributed by atoms with van der Waals surface area (Å²) in [4.78, 5) is 0. The Morgan fingerprint density at radius 3 is 2.56 bits per heavy atom. The van der Waals surface area contributed by atoms with Crippen LogP contribution in [0.5, 0.6) is 0 Å². The van der Waals surface area contributed by atoms with Crippen molar-refractivity contribution in [2.24, 2.45) is 11.1 Å². The second-order valence-electron chi connectivity index (χ2n) is 6.15. The minimum Gasteiger partial charge on any atom is -0.330 e. The van der Waals surface area contributed by atoms with Gasteiger partial charge in [0.25, 0.3) is 0 Å². The molecule has 2 atom stereocenters. The van der Waals surface area contributed by atoms with Crippen LogP contribution in [0.25, 0.3) is 0 Å². The lowest BCUT2D eigenvalue weighted by molar-refractivity contribution is 0.289. The van der Waals surface area contributed by atoms with Gasteiger partial charge in [-0.2, -0.15) is 0 Å². The van der Waals surface area contributed by atoms with Crippen molar-refractivity contribution in [3.8, 4) is 0 Å². The molecule has 2 saturated carbocycles. The van der Waals surface area contributed by atoms with Crippen LogP contribution in [-0.2, 0) is 0 Å². The molecule has 3 N–H and O–H groups in total. The molecule has 1 aromatic rings. The van der Waals surface area contributed by atoms with Gasteiger partial charge in [0.2, 0.25) is 0 Å². The third kappa shape index (κ3) is 2.45. The molecular weight excluding hydrogens is 220 g/mol. The van der Waals surface area contributed by atoms with Crippen molar-refractivity contribution >= 4 is 0 Å². The molecule has 0 radical (unpaired) electrons. The standard InChI is InChI=1S/C16H24N2/c17-11-16(8-4-5-9-16)12-18-15-10-14(15)13-6-2-1-3-7-13/h1-3,6-7,14-15,18H,4-5,8-12,17H2. The van der Waals surface area contributed by atoms with Gasteiger partial charge in [-0.05, 0) is 36.8 Å². The minimum absolute atomic E-state index is 0.407. The monoisotopic (exact) mass is 244 g/mol. The fourth-order valence-electron chi connectivity index (χ4n) is 3.41. The normalized spacial score (nSPS) is 29.4. The topological polar surface area (TPSA) is 38.0 Å². The van der Waals surface area contributed by atoms with Gasteiger partial charge < -0.3 is 11.1 Å². The van der Waals surface area contributed by atoms with Crippen molar-refractivity contribution in [3.05, 3.63) is 35.9 Å². The van der Waals surface area contributed by atoms with E-state index in [-0.39, 0.29) is 0 Å². The number of nitrogens with two attached hydrogens (primary N) is 1. The summed E-state index contributed by atoms with van der Waals surface area (Å²) in [5.41, 5.74) is 7.88. The first-order chi connectivity index (χ1) is 8.83. The zero-order chi connectivity index (χ0) is 12.4. The summed E-state index contributed by atoms with van der Waals surface area (Å²) >= 11 is 0. The van der Waals surface area contributed by atoms with Crippen LogP contribution >= 0.6 is 0 Å². The van der Waals surface area contributed by atoms with E-state index in [0.29, 0.717) is 11.5 Å². The van der Waals surface area contributed by atoms with Gasteiger partial charge in [-0.3, -0.25) is 0 Å². The lowest BCUT2D eigenvalue weighted by atomic mass is 9.86. The number of nitrogens with one attached hydrogen (secondary N) is 1. The van der Waals surface area contributed by atoms with E-state index >= 15 is 0 Å². The predicted octanol–water partition coefficient (Wildman–Crippen LogP) is 2.65. The average molecular weight is 244 g/mol. The van der Waals surface area contributed by atoms with Crippen LogP contribution in [0.2, 0.25) is 0 Å². The molecule has 0 heterocycles. The third-order valence-electron chi connectivity index (χ3n) is 4.85. The molecule has 1 aromatic carbocycles. The summed E-state index contributed by atoms with van der Waals surface area (Å²) in [6.45, 7) is 1.97. The van der Waals surface area contributed by atoms with Crippen LogP contribution < -0.4 is 11.1 Å². The predicted molar refractivity (Wildman–Crippen MR) is 75.5 cm³/mol. The lowest BCUT2D eigenvalue weighted by Gasteiger charge is -2.27. The van der Waals surface area contributed by atoms with Crippen LogP contribution in [0, 0.1) is 5.41 Å². The van der Waals surface area contributed by atoms with Crippen molar-refractivity contribution in [3.63, 3.8) is 0 Å². The molecule has 0 saturated heterocycles. The SMILES string of the molecule is NCC1(CNC2CC2c2ccccc2)CCCC1. The van der Waals surface area contributed by atoms with Gasteiger partial charge in [0.05, 0.1) is 0 Å². The highest BCUT2D eigenvalue weighted by Gasteiger charge is 2.40. The average Bonchev–Trinajstić information content (AvgIpc) is 3.07. The molecular formula is C16H24N2. The fourth-order valence-corrected chi connectivity index (χ4v) is 3.41. The fraction of sp³-hybridized carbons (Fsp3) is 0.625. The van der Waals surface area contributed by atoms with Crippen molar-refractivity contribution < 1.29 is 0 Å². The number of hydrogen-bond acceptors (Lipinski definition) is 2. The molecule has 2 aliphatic rings. The molecule has 2 nitrogen and oxygen atoms in total. The highest BCUT2D eigenvalue weighted by molar-refractivity contribution is 5.27. The molecule has 0 aromatic heterocycles. The maximum absolute atomic E-state index is 5.98. The molecule has 18 heavy (non-hydrogen) atoms. The smallest absolute Gasteiger partial charge is 0.0143 e. The molecule has 3 rings (SSSR count). The van der Waals surface area contributed by atoms with E-state index in [1.54, 1.807) is 0 Å². The molecule has 0 bridgehead atoms. The van der Waals surface area contributed by atoms with Gasteiger partial charge in [-0.15, -0.1) is 0 Å². The summed E-state index contributed by atoms with van der Waals surface area (Å²) in [7, 11) is 0. The minimum atomic E-state index is 0.407. The highest BCUT2D eigenvalue weighted by Crippen LogP contribution is 2.42. The van der Waals surface area contributed by atoms with Gasteiger partial charge in [-0.25, -0.2) is 0 Å². The summed E-state index contributed by atoms with van der Waals surface area (Å²) in [5, 5.41) is 3.76. The first kappa shape index (κ1) is 12.2. The van der Waals surface area contributed by atoms with Crippen molar-refractivity contribution in [1.29, 1.82) is 0 Å². The van der Waals surface area contributed by atoms with E-state index in [1.807, 2.05) is 0 Å². The van der Waals surface area contributed by atoms with E-state index in [0.717, 1.165) is 19.0 Å². The summed E-state index contributed by atoms with van der Waals surface area (Å²) in [5.74, 6) is 0.738. The summed E-state index contributed by atoms with van der Waals surface area (Å²) in [6.07, 6.45) is 6.67. The molecule has 2 aliphatic carbocycles. The zero-order valence-corrected chi connectivity index (χ0v) is 11.1. The largest absolute Gasteiger partial charge is 0.330 e. The first-order valence-electron chi connectivity index (χ1n) is 7.31. The van der Waals surface area contributed by atoms with Crippen LogP contribution in [0.3, 0.4) is 0 Å². The van der Waals surface area contributed by atoms with E-state index in [2.05, 4.69) is 35.6 Å². The maximum Gasteiger partial charge on any atom is 0.0143 e. The molecule has 98 valence electrons. The van der Waals surface area contributed by atoms with Gasteiger partial charge in [-0.1, -0.05) is 43.2 Å². The van der Waals surface area contributed by atoms with Gasteiger partial charge in [0.15, 0.2) is 0 Å². The maximum atomic E-state index is 5.98. The highest BCUT2D eigenvalue weighted by atomic mass is 15.0. The second-order valence-corrected chi connectivity index (χ2v) is 6.15. The lowest BCUT2D eigenvalue weighted by Crippen LogP contribution is -2.39. The molecule has 2 fully saturated rings. The van der Waals surface area contributed by atoms with Crippen molar-refractivity contribution in [2.75, 3.05) is 13.1 Å². The van der Waals surface area contributed by atoms with E-state index in [4.69, 9.17) is 5.73 Å².